The number of likely N-dealkylation sites (N-methyl/N-ethyl adjacent to an activating group) is 1. The van der Waals surface area contributed by atoms with Crippen molar-refractivity contribution in [3.8, 4) is 0 Å². The number of esters is 2. The van der Waals surface area contributed by atoms with E-state index in [0.717, 1.165) is 51.4 Å². The summed E-state index contributed by atoms with van der Waals surface area (Å²) in [7, 11) is 1.29. The molecule has 58 heavy (non-hydrogen) atoms. The largest absolute Gasteiger partial charge is 0.472 e. The lowest BCUT2D eigenvalue weighted by atomic mass is 10.0. The summed E-state index contributed by atoms with van der Waals surface area (Å²) < 4.78 is 34.0. The van der Waals surface area contributed by atoms with Gasteiger partial charge in [-0.3, -0.25) is 18.6 Å². The second-order valence-electron chi connectivity index (χ2n) is 15.7. The number of carbonyl (C=O) groups is 2. The summed E-state index contributed by atoms with van der Waals surface area (Å²) in [6.45, 7) is 3.96. The minimum absolute atomic E-state index is 0.0243. The number of hydrogen-bond donors (Lipinski definition) is 3. The number of nitrogens with zero attached hydrogens (tertiary/aromatic N) is 1. The summed E-state index contributed by atoms with van der Waals surface area (Å²) in [6, 6.07) is 0. The van der Waals surface area contributed by atoms with Crippen LogP contribution in [-0.2, 0) is 32.7 Å². The zero-order valence-electron chi connectivity index (χ0n) is 36.7. The van der Waals surface area contributed by atoms with Gasteiger partial charge in [0.15, 0.2) is 6.10 Å². The van der Waals surface area contributed by atoms with Gasteiger partial charge in [-0.15, -0.1) is 0 Å². The standard InChI is InChI=1S/C46H80NO10P/c1-6-8-10-12-14-16-18-20-21-22-24-26-28-30-32-36-46(51)57-42(41-56-58(52,53)55-39-38-47(3,4)5)40-54-45(50)37-33-35-44(49)43(48)34-31-29-27-25-23-19-17-15-13-11-9-7-2/h14-17,20-21,23-26,29,31,42-44,48-49H,6-13,18-19,22,27-28,30,32-41H2,1-5H3/p+1/b16-14-,17-15-,21-20-,25-23-,26-24-,31-29-/t42-,43?,44?/m1/s1. The fourth-order valence-electron chi connectivity index (χ4n) is 5.30. The molecule has 11 nitrogen and oxygen atoms in total. The Kier molecular flexibility index (Phi) is 35.7. The minimum atomic E-state index is -4.46. The number of carbonyl (C=O) groups excluding carboxylic acids is 2. The van der Waals surface area contributed by atoms with Gasteiger partial charge in [-0.05, 0) is 89.9 Å². The molecular weight excluding hydrogens is 757 g/mol. The van der Waals surface area contributed by atoms with Crippen molar-refractivity contribution in [3.05, 3.63) is 72.9 Å². The molecule has 334 valence electrons. The van der Waals surface area contributed by atoms with Gasteiger partial charge in [0.1, 0.15) is 19.8 Å². The molecule has 0 aliphatic rings. The Labute approximate surface area is 352 Å². The van der Waals surface area contributed by atoms with Gasteiger partial charge in [0.25, 0.3) is 0 Å². The monoisotopic (exact) mass is 839 g/mol. The fraction of sp³-hybridized carbons (Fsp3) is 0.696. The maximum atomic E-state index is 12.7. The highest BCUT2D eigenvalue weighted by Gasteiger charge is 2.27. The number of hydrogen-bond acceptors (Lipinski definition) is 9. The van der Waals surface area contributed by atoms with Crippen LogP contribution in [0.5, 0.6) is 0 Å². The van der Waals surface area contributed by atoms with E-state index in [0.29, 0.717) is 23.9 Å². The van der Waals surface area contributed by atoms with Crippen LogP contribution < -0.4 is 0 Å². The van der Waals surface area contributed by atoms with Crippen LogP contribution in [0.2, 0.25) is 0 Å². The lowest BCUT2D eigenvalue weighted by Gasteiger charge is -2.24. The Balaban J connectivity index is 4.69. The normalized spacial score (nSPS) is 15.4. The van der Waals surface area contributed by atoms with Gasteiger partial charge < -0.3 is 29.1 Å². The minimum Gasteiger partial charge on any atom is -0.462 e. The summed E-state index contributed by atoms with van der Waals surface area (Å²) in [6.07, 6.45) is 38.4. The highest BCUT2D eigenvalue weighted by Crippen LogP contribution is 2.43. The second kappa shape index (κ2) is 37.4. The first kappa shape index (κ1) is 55.4. The third-order valence-corrected chi connectivity index (χ3v) is 9.89. The van der Waals surface area contributed by atoms with Crippen molar-refractivity contribution in [1.29, 1.82) is 0 Å². The molecule has 0 heterocycles. The number of phosphoric acid groups is 1. The highest BCUT2D eigenvalue weighted by molar-refractivity contribution is 7.47. The quantitative estimate of drug-likeness (QED) is 0.0180. The molecule has 0 spiro atoms. The van der Waals surface area contributed by atoms with E-state index in [1.54, 1.807) is 0 Å². The van der Waals surface area contributed by atoms with Crippen LogP contribution in [0.3, 0.4) is 0 Å². The highest BCUT2D eigenvalue weighted by atomic mass is 31.2. The maximum absolute atomic E-state index is 12.7. The third-order valence-electron chi connectivity index (χ3n) is 8.91. The van der Waals surface area contributed by atoms with Gasteiger partial charge in [0.2, 0.25) is 0 Å². The van der Waals surface area contributed by atoms with E-state index in [-0.39, 0.29) is 38.9 Å². The Morgan fingerprint density at radius 1 is 0.603 bits per heavy atom. The van der Waals surface area contributed by atoms with Crippen molar-refractivity contribution >= 4 is 19.8 Å². The number of rotatable bonds is 38. The molecular formula is C46H81NO10P+. The molecule has 0 amide bonds. The van der Waals surface area contributed by atoms with E-state index in [1.165, 1.54) is 38.5 Å². The molecule has 0 aromatic heterocycles. The molecule has 12 heteroatoms. The van der Waals surface area contributed by atoms with Crippen LogP contribution in [-0.4, -0.2) is 97.3 Å². The predicted molar refractivity (Wildman–Crippen MR) is 236 cm³/mol. The molecule has 0 saturated heterocycles. The maximum Gasteiger partial charge on any atom is 0.472 e. The molecule has 4 atom stereocenters. The number of aliphatic hydroxyl groups excluding tert-OH is 2. The number of allylic oxidation sites excluding steroid dienone is 11. The first-order chi connectivity index (χ1) is 27.8. The number of phosphoric ester groups is 1. The van der Waals surface area contributed by atoms with Crippen molar-refractivity contribution in [2.24, 2.45) is 0 Å². The van der Waals surface area contributed by atoms with Crippen LogP contribution in [0.1, 0.15) is 142 Å². The SMILES string of the molecule is CCCCC/C=C\C/C=C\C/C=C\CCCCC(=O)O[C@H](COC(=O)CCCC(O)C(O)C/C=C\C/C=C\C/C=C\CCCCC)COP(=O)(O)OCC[N+](C)(C)C. The number of ether oxygens (including phenoxy) is 2. The van der Waals surface area contributed by atoms with Gasteiger partial charge >= 0.3 is 19.8 Å². The van der Waals surface area contributed by atoms with Gasteiger partial charge in [-0.25, -0.2) is 4.57 Å². The molecule has 0 bridgehead atoms. The molecule has 0 aliphatic heterocycles. The molecule has 3 unspecified atom stereocenters. The van der Waals surface area contributed by atoms with E-state index < -0.39 is 44.7 Å². The Hall–Kier alpha value is -2.63. The van der Waals surface area contributed by atoms with Crippen molar-refractivity contribution in [2.75, 3.05) is 47.5 Å². The van der Waals surface area contributed by atoms with Crippen molar-refractivity contribution in [2.45, 2.75) is 161 Å². The fourth-order valence-corrected chi connectivity index (χ4v) is 6.04. The summed E-state index contributed by atoms with van der Waals surface area (Å²) in [5.74, 6) is -1.14. The van der Waals surface area contributed by atoms with E-state index in [1.807, 2.05) is 33.3 Å². The molecule has 0 aromatic carbocycles. The van der Waals surface area contributed by atoms with Crippen LogP contribution in [0.25, 0.3) is 0 Å². The molecule has 0 aliphatic carbocycles. The number of aliphatic hydroxyl groups is 2. The average molecular weight is 839 g/mol. The topological polar surface area (TPSA) is 149 Å². The molecule has 0 radical (unpaired) electrons. The molecule has 0 aromatic rings. The van der Waals surface area contributed by atoms with Gasteiger partial charge in [-0.1, -0.05) is 112 Å². The number of quaternary nitrogens is 1. The van der Waals surface area contributed by atoms with Crippen LogP contribution in [0, 0.1) is 0 Å². The smallest absolute Gasteiger partial charge is 0.462 e. The van der Waals surface area contributed by atoms with Gasteiger partial charge in [0.05, 0.1) is 40.0 Å². The third kappa shape index (κ3) is 38.9. The van der Waals surface area contributed by atoms with Crippen molar-refractivity contribution in [1.82, 2.24) is 0 Å². The summed E-state index contributed by atoms with van der Waals surface area (Å²) in [5, 5.41) is 20.7. The second-order valence-corrected chi connectivity index (χ2v) is 17.1. The Morgan fingerprint density at radius 2 is 1.09 bits per heavy atom. The molecule has 0 saturated carbocycles. The van der Waals surface area contributed by atoms with E-state index in [2.05, 4.69) is 74.6 Å². The zero-order chi connectivity index (χ0) is 43.2. The molecule has 0 fully saturated rings. The zero-order valence-corrected chi connectivity index (χ0v) is 37.6. The summed E-state index contributed by atoms with van der Waals surface area (Å²) >= 11 is 0. The van der Waals surface area contributed by atoms with E-state index in [9.17, 15) is 29.3 Å². The van der Waals surface area contributed by atoms with E-state index >= 15 is 0 Å². The average Bonchev–Trinajstić information content (AvgIpc) is 3.17. The van der Waals surface area contributed by atoms with Gasteiger partial charge in [0, 0.05) is 12.8 Å². The lowest BCUT2D eigenvalue weighted by molar-refractivity contribution is -0.870. The summed E-state index contributed by atoms with van der Waals surface area (Å²) in [5.41, 5.74) is 0. The lowest BCUT2D eigenvalue weighted by Crippen LogP contribution is -2.37. The Bertz CT molecular complexity index is 1250. The summed E-state index contributed by atoms with van der Waals surface area (Å²) in [4.78, 5) is 35.4. The van der Waals surface area contributed by atoms with Crippen molar-refractivity contribution in [3.63, 3.8) is 0 Å². The Morgan fingerprint density at radius 3 is 1.60 bits per heavy atom. The number of unbranched alkanes of at least 4 members (excludes halogenated alkanes) is 8. The van der Waals surface area contributed by atoms with Gasteiger partial charge in [-0.2, -0.15) is 0 Å². The predicted octanol–water partition coefficient (Wildman–Crippen LogP) is 10.2. The van der Waals surface area contributed by atoms with Crippen molar-refractivity contribution < 1.29 is 52.3 Å². The first-order valence-electron chi connectivity index (χ1n) is 21.8. The molecule has 3 N–H and O–H groups in total. The first-order valence-corrected chi connectivity index (χ1v) is 23.3. The van der Waals surface area contributed by atoms with Crippen LogP contribution in [0.4, 0.5) is 0 Å². The van der Waals surface area contributed by atoms with Crippen LogP contribution >= 0.6 is 7.82 Å². The van der Waals surface area contributed by atoms with E-state index in [4.69, 9.17) is 18.5 Å². The molecule has 0 rings (SSSR count). The van der Waals surface area contributed by atoms with Crippen LogP contribution in [0.15, 0.2) is 72.9 Å².